The number of rotatable bonds is 6. The highest BCUT2D eigenvalue weighted by Crippen LogP contribution is 2.26. The van der Waals surface area contributed by atoms with Crippen LogP contribution in [0.25, 0.3) is 10.1 Å². The van der Waals surface area contributed by atoms with Crippen molar-refractivity contribution in [1.29, 1.82) is 0 Å². The fraction of sp³-hybridized carbons (Fsp3) is 0.467. The lowest BCUT2D eigenvalue weighted by atomic mass is 10.2. The van der Waals surface area contributed by atoms with Crippen LogP contribution in [0.1, 0.15) is 18.4 Å². The number of likely N-dealkylation sites (N-methyl/N-ethyl adjacent to an activating group) is 1. The molecule has 0 spiro atoms. The van der Waals surface area contributed by atoms with Crippen molar-refractivity contribution < 1.29 is 0 Å². The zero-order valence-electron chi connectivity index (χ0n) is 10.9. The number of fused-ring (bicyclic) bond motifs is 1. The van der Waals surface area contributed by atoms with E-state index in [-0.39, 0.29) is 0 Å². The summed E-state index contributed by atoms with van der Waals surface area (Å²) in [7, 11) is 2.21. The lowest BCUT2D eigenvalue weighted by Crippen LogP contribution is -2.29. The van der Waals surface area contributed by atoms with Crippen molar-refractivity contribution in [2.45, 2.75) is 25.4 Å². The van der Waals surface area contributed by atoms with Gasteiger partial charge in [0.25, 0.3) is 0 Å². The molecule has 1 aliphatic rings. The first kappa shape index (κ1) is 12.2. The SMILES string of the molecule is CN(CCNC1CC1)Cc1csc2ccccc12. The van der Waals surface area contributed by atoms with Crippen LogP contribution in [0, 0.1) is 0 Å². The summed E-state index contributed by atoms with van der Waals surface area (Å²) in [6.07, 6.45) is 2.75. The number of benzene rings is 1. The van der Waals surface area contributed by atoms with Gasteiger partial charge in [0.2, 0.25) is 0 Å². The fourth-order valence-corrected chi connectivity index (χ4v) is 3.23. The van der Waals surface area contributed by atoms with Crippen molar-refractivity contribution in [1.82, 2.24) is 10.2 Å². The molecule has 18 heavy (non-hydrogen) atoms. The molecule has 0 amide bonds. The van der Waals surface area contributed by atoms with Crippen LogP contribution in [-0.2, 0) is 6.54 Å². The summed E-state index contributed by atoms with van der Waals surface area (Å²) < 4.78 is 1.40. The van der Waals surface area contributed by atoms with Gasteiger partial charge in [0.15, 0.2) is 0 Å². The maximum Gasteiger partial charge on any atom is 0.0346 e. The highest BCUT2D eigenvalue weighted by Gasteiger charge is 2.19. The second-order valence-corrected chi connectivity index (χ2v) is 6.13. The van der Waals surface area contributed by atoms with Crippen LogP contribution in [0.2, 0.25) is 0 Å². The Morgan fingerprint density at radius 1 is 1.33 bits per heavy atom. The minimum absolute atomic E-state index is 0.820. The van der Waals surface area contributed by atoms with E-state index in [1.165, 1.54) is 28.5 Å². The summed E-state index contributed by atoms with van der Waals surface area (Å²) in [5.74, 6) is 0. The Balaban J connectivity index is 1.57. The third kappa shape index (κ3) is 2.91. The standard InChI is InChI=1S/C15H20N2S/c1-17(9-8-16-13-6-7-13)10-12-11-18-15-5-3-2-4-14(12)15/h2-5,11,13,16H,6-10H2,1H3. The summed E-state index contributed by atoms with van der Waals surface area (Å²) >= 11 is 1.85. The summed E-state index contributed by atoms with van der Waals surface area (Å²) in [5, 5.41) is 7.29. The Hall–Kier alpha value is -0.900. The molecule has 1 saturated carbocycles. The third-order valence-corrected chi connectivity index (χ3v) is 4.52. The van der Waals surface area contributed by atoms with Crippen LogP contribution in [-0.4, -0.2) is 31.1 Å². The van der Waals surface area contributed by atoms with Gasteiger partial charge < -0.3 is 10.2 Å². The van der Waals surface area contributed by atoms with Gasteiger partial charge in [0.05, 0.1) is 0 Å². The van der Waals surface area contributed by atoms with Gasteiger partial charge >= 0.3 is 0 Å². The van der Waals surface area contributed by atoms with Crippen LogP contribution in [0.5, 0.6) is 0 Å². The Morgan fingerprint density at radius 2 is 2.17 bits per heavy atom. The van der Waals surface area contributed by atoms with Crippen molar-refractivity contribution in [3.05, 3.63) is 35.2 Å². The minimum atomic E-state index is 0.820. The molecule has 0 saturated heterocycles. The normalized spacial score (nSPS) is 15.7. The number of thiophene rings is 1. The molecule has 2 nitrogen and oxygen atoms in total. The second kappa shape index (κ2) is 5.39. The fourth-order valence-electron chi connectivity index (χ4n) is 2.27. The van der Waals surface area contributed by atoms with Gasteiger partial charge in [0, 0.05) is 30.4 Å². The number of nitrogens with one attached hydrogen (secondary N) is 1. The van der Waals surface area contributed by atoms with Crippen LogP contribution in [0.15, 0.2) is 29.6 Å². The third-order valence-electron chi connectivity index (χ3n) is 3.51. The van der Waals surface area contributed by atoms with Gasteiger partial charge in [-0.15, -0.1) is 11.3 Å². The van der Waals surface area contributed by atoms with E-state index in [0.717, 1.165) is 25.7 Å². The molecule has 0 unspecified atom stereocenters. The Bertz CT molecular complexity index is 516. The van der Waals surface area contributed by atoms with Crippen molar-refractivity contribution in [3.8, 4) is 0 Å². The molecule has 1 aliphatic carbocycles. The molecule has 96 valence electrons. The Kier molecular flexibility index (Phi) is 3.64. The van der Waals surface area contributed by atoms with Gasteiger partial charge in [-0.05, 0) is 42.3 Å². The summed E-state index contributed by atoms with van der Waals surface area (Å²) in [4.78, 5) is 2.41. The predicted molar refractivity (Wildman–Crippen MR) is 79.2 cm³/mol. The lowest BCUT2D eigenvalue weighted by Gasteiger charge is -2.16. The van der Waals surface area contributed by atoms with Gasteiger partial charge in [-0.3, -0.25) is 0 Å². The van der Waals surface area contributed by atoms with Crippen LogP contribution < -0.4 is 5.32 Å². The predicted octanol–water partition coefficient (Wildman–Crippen LogP) is 3.09. The second-order valence-electron chi connectivity index (χ2n) is 5.22. The number of nitrogens with zero attached hydrogens (tertiary/aromatic N) is 1. The van der Waals surface area contributed by atoms with Crippen LogP contribution in [0.4, 0.5) is 0 Å². The lowest BCUT2D eigenvalue weighted by molar-refractivity contribution is 0.325. The largest absolute Gasteiger partial charge is 0.313 e. The molecular weight excluding hydrogens is 240 g/mol. The van der Waals surface area contributed by atoms with E-state index in [4.69, 9.17) is 0 Å². The maximum absolute atomic E-state index is 3.57. The molecule has 2 aromatic rings. The maximum atomic E-state index is 3.57. The van der Waals surface area contributed by atoms with Crippen molar-refractivity contribution >= 4 is 21.4 Å². The number of hydrogen-bond acceptors (Lipinski definition) is 3. The average Bonchev–Trinajstić information content (AvgIpc) is 3.11. The van der Waals surface area contributed by atoms with E-state index in [1.54, 1.807) is 0 Å². The van der Waals surface area contributed by atoms with Gasteiger partial charge in [-0.2, -0.15) is 0 Å². The molecule has 1 aromatic heterocycles. The minimum Gasteiger partial charge on any atom is -0.313 e. The van der Waals surface area contributed by atoms with E-state index in [0.29, 0.717) is 0 Å². The summed E-state index contributed by atoms with van der Waals surface area (Å²) in [6.45, 7) is 3.29. The first-order valence-corrected chi connectivity index (χ1v) is 7.58. The van der Waals surface area contributed by atoms with E-state index in [9.17, 15) is 0 Å². The molecule has 0 atom stereocenters. The van der Waals surface area contributed by atoms with E-state index in [2.05, 4.69) is 46.9 Å². The summed E-state index contributed by atoms with van der Waals surface area (Å²) in [6, 6.07) is 9.51. The molecule has 1 fully saturated rings. The molecule has 0 radical (unpaired) electrons. The quantitative estimate of drug-likeness (QED) is 0.858. The average molecular weight is 260 g/mol. The van der Waals surface area contributed by atoms with Crippen molar-refractivity contribution in [2.24, 2.45) is 0 Å². The van der Waals surface area contributed by atoms with Gasteiger partial charge in [-0.25, -0.2) is 0 Å². The molecule has 0 bridgehead atoms. The van der Waals surface area contributed by atoms with E-state index >= 15 is 0 Å². The van der Waals surface area contributed by atoms with Crippen molar-refractivity contribution in [3.63, 3.8) is 0 Å². The molecule has 0 aliphatic heterocycles. The van der Waals surface area contributed by atoms with E-state index < -0.39 is 0 Å². The van der Waals surface area contributed by atoms with Gasteiger partial charge in [0.1, 0.15) is 0 Å². The van der Waals surface area contributed by atoms with E-state index in [1.807, 2.05) is 11.3 Å². The Labute approximate surface area is 113 Å². The van der Waals surface area contributed by atoms with Crippen LogP contribution >= 0.6 is 11.3 Å². The number of hydrogen-bond donors (Lipinski definition) is 1. The summed E-state index contributed by atoms with van der Waals surface area (Å²) in [5.41, 5.74) is 1.46. The molecule has 1 N–H and O–H groups in total. The molecular formula is C15H20N2S. The Morgan fingerprint density at radius 3 is 3.00 bits per heavy atom. The zero-order valence-corrected chi connectivity index (χ0v) is 11.7. The molecule has 1 heterocycles. The highest BCUT2D eigenvalue weighted by atomic mass is 32.1. The highest BCUT2D eigenvalue weighted by molar-refractivity contribution is 7.17. The first-order valence-electron chi connectivity index (χ1n) is 6.70. The molecule has 1 aromatic carbocycles. The molecule has 3 heteroatoms. The smallest absolute Gasteiger partial charge is 0.0346 e. The first-order chi connectivity index (χ1) is 8.83. The van der Waals surface area contributed by atoms with Crippen LogP contribution in [0.3, 0.4) is 0 Å². The topological polar surface area (TPSA) is 15.3 Å². The van der Waals surface area contributed by atoms with Gasteiger partial charge in [-0.1, -0.05) is 18.2 Å². The molecule has 3 rings (SSSR count). The van der Waals surface area contributed by atoms with Crippen molar-refractivity contribution in [2.75, 3.05) is 20.1 Å². The zero-order chi connectivity index (χ0) is 12.4. The monoisotopic (exact) mass is 260 g/mol.